The lowest BCUT2D eigenvalue weighted by molar-refractivity contribution is -0.135. The molecule has 29 heavy (non-hydrogen) atoms. The second-order valence-corrected chi connectivity index (χ2v) is 7.70. The number of fused-ring (bicyclic) bond motifs is 1. The average molecular weight is 421 g/mol. The number of nitrogens with one attached hydrogen (secondary N) is 1. The van der Waals surface area contributed by atoms with Crippen molar-refractivity contribution in [1.29, 1.82) is 0 Å². The zero-order valence-corrected chi connectivity index (χ0v) is 17.6. The number of hydrogen-bond donors (Lipinski definition) is 1. The Morgan fingerprint density at radius 2 is 1.90 bits per heavy atom. The first-order valence-corrected chi connectivity index (χ1v) is 10.1. The van der Waals surface area contributed by atoms with Crippen LogP contribution in [0.4, 0.5) is 4.79 Å². The molecule has 158 valence electrons. The minimum absolute atomic E-state index is 0. The number of carbonyl (C=O) groups is 2. The third-order valence-electron chi connectivity index (χ3n) is 5.92. The summed E-state index contributed by atoms with van der Waals surface area (Å²) in [5, 5.41) is 1.10. The molecule has 0 aliphatic carbocycles. The number of aromatic nitrogens is 1. The molecule has 2 amide bonds. The van der Waals surface area contributed by atoms with E-state index in [0.717, 1.165) is 36.1 Å². The largest absolute Gasteiger partial charge is 0.453 e. The lowest BCUT2D eigenvalue weighted by Crippen LogP contribution is -2.59. The Balaban J connectivity index is 0.00000240. The maximum Gasteiger partial charge on any atom is 0.409 e. The van der Waals surface area contributed by atoms with Crippen LogP contribution in [0.1, 0.15) is 18.4 Å². The van der Waals surface area contributed by atoms with E-state index in [0.29, 0.717) is 26.1 Å². The van der Waals surface area contributed by atoms with Gasteiger partial charge in [0.1, 0.15) is 0 Å². The van der Waals surface area contributed by atoms with Gasteiger partial charge in [-0.05, 0) is 37.6 Å². The lowest BCUT2D eigenvalue weighted by Gasteiger charge is -2.42. The molecule has 1 atom stereocenters. The number of likely N-dealkylation sites (tertiary alicyclic amines) is 1. The van der Waals surface area contributed by atoms with Gasteiger partial charge in [-0.2, -0.15) is 0 Å². The predicted molar refractivity (Wildman–Crippen MR) is 114 cm³/mol. The molecular formula is C21H29ClN4O3. The number of carbonyl (C=O) groups excluding carboxylic acids is 2. The van der Waals surface area contributed by atoms with Crippen LogP contribution in [0.5, 0.6) is 0 Å². The first-order valence-electron chi connectivity index (χ1n) is 10.1. The molecule has 2 aliphatic rings. The van der Waals surface area contributed by atoms with E-state index in [9.17, 15) is 9.59 Å². The van der Waals surface area contributed by atoms with Gasteiger partial charge in [-0.3, -0.25) is 4.79 Å². The first-order chi connectivity index (χ1) is 13.7. The molecule has 8 heteroatoms. The van der Waals surface area contributed by atoms with Crippen molar-refractivity contribution >= 4 is 35.3 Å². The van der Waals surface area contributed by atoms with Gasteiger partial charge < -0.3 is 24.4 Å². The zero-order valence-electron chi connectivity index (χ0n) is 16.8. The molecule has 1 aromatic carbocycles. The van der Waals surface area contributed by atoms with Gasteiger partial charge >= 0.3 is 6.09 Å². The van der Waals surface area contributed by atoms with Crippen molar-refractivity contribution in [1.82, 2.24) is 19.7 Å². The molecule has 3 heterocycles. The molecule has 1 unspecified atom stereocenters. The topological polar surface area (TPSA) is 68.9 Å². The first kappa shape index (κ1) is 21.5. The fourth-order valence-corrected chi connectivity index (χ4v) is 4.44. The van der Waals surface area contributed by atoms with Crippen molar-refractivity contribution in [3.8, 4) is 0 Å². The standard InChI is InChI=1S/C21H28N4O3.ClH/c1-28-21(27)24-10-11-25(17(15-24)14-23-8-4-5-9-23)20(26)12-16-13-22-19-7-3-2-6-18(16)19;/h2-3,6-7,13,17,22H,4-5,8-12,14-15H2,1H3;1H. The van der Waals surface area contributed by atoms with Gasteiger partial charge in [-0.1, -0.05) is 18.2 Å². The van der Waals surface area contributed by atoms with Gasteiger partial charge in [0.05, 0.1) is 19.6 Å². The van der Waals surface area contributed by atoms with Gasteiger partial charge in [-0.15, -0.1) is 12.4 Å². The molecule has 7 nitrogen and oxygen atoms in total. The Morgan fingerprint density at radius 1 is 1.14 bits per heavy atom. The summed E-state index contributed by atoms with van der Waals surface area (Å²) in [5.41, 5.74) is 2.07. The molecule has 0 bridgehead atoms. The lowest BCUT2D eigenvalue weighted by atomic mass is 10.1. The molecule has 0 radical (unpaired) electrons. The number of halogens is 1. The van der Waals surface area contributed by atoms with E-state index in [4.69, 9.17) is 4.74 Å². The number of rotatable bonds is 4. The van der Waals surface area contributed by atoms with Crippen molar-refractivity contribution in [3.05, 3.63) is 36.0 Å². The number of benzene rings is 1. The average Bonchev–Trinajstić information content (AvgIpc) is 3.37. The second kappa shape index (κ2) is 9.50. The van der Waals surface area contributed by atoms with Crippen LogP contribution in [0.2, 0.25) is 0 Å². The van der Waals surface area contributed by atoms with Gasteiger partial charge in [0.15, 0.2) is 0 Å². The van der Waals surface area contributed by atoms with Crippen LogP contribution < -0.4 is 0 Å². The highest BCUT2D eigenvalue weighted by Gasteiger charge is 2.34. The molecule has 1 aromatic heterocycles. The maximum atomic E-state index is 13.2. The third kappa shape index (κ3) is 4.67. The fraction of sp³-hybridized carbons (Fsp3) is 0.524. The van der Waals surface area contributed by atoms with E-state index < -0.39 is 0 Å². The normalized spacial score (nSPS) is 20.0. The monoisotopic (exact) mass is 420 g/mol. The summed E-state index contributed by atoms with van der Waals surface area (Å²) in [6.45, 7) is 4.55. The van der Waals surface area contributed by atoms with Crippen LogP contribution in [0, 0.1) is 0 Å². The summed E-state index contributed by atoms with van der Waals surface area (Å²) >= 11 is 0. The van der Waals surface area contributed by atoms with E-state index in [-0.39, 0.29) is 30.4 Å². The number of nitrogens with zero attached hydrogens (tertiary/aromatic N) is 3. The van der Waals surface area contributed by atoms with E-state index in [1.807, 2.05) is 35.4 Å². The highest BCUT2D eigenvalue weighted by atomic mass is 35.5. The number of para-hydroxylation sites is 1. The van der Waals surface area contributed by atoms with E-state index >= 15 is 0 Å². The van der Waals surface area contributed by atoms with Gasteiger partial charge in [0.2, 0.25) is 5.91 Å². The van der Waals surface area contributed by atoms with Crippen LogP contribution in [0.3, 0.4) is 0 Å². The fourth-order valence-electron chi connectivity index (χ4n) is 4.44. The zero-order chi connectivity index (χ0) is 19.5. The Hall–Kier alpha value is -2.25. The van der Waals surface area contributed by atoms with Crippen LogP contribution in [-0.4, -0.2) is 84.1 Å². The van der Waals surface area contributed by atoms with Crippen LogP contribution in [0.15, 0.2) is 30.5 Å². The Labute approximate surface area is 177 Å². The highest BCUT2D eigenvalue weighted by Crippen LogP contribution is 2.21. The number of H-pyrrole nitrogens is 1. The van der Waals surface area contributed by atoms with Gasteiger partial charge in [0, 0.05) is 43.3 Å². The number of hydrogen-bond acceptors (Lipinski definition) is 4. The van der Waals surface area contributed by atoms with E-state index in [1.165, 1.54) is 20.0 Å². The third-order valence-corrected chi connectivity index (χ3v) is 5.92. The molecule has 2 aromatic rings. The molecule has 0 spiro atoms. The molecule has 2 saturated heterocycles. The quantitative estimate of drug-likeness (QED) is 0.825. The number of aromatic amines is 1. The van der Waals surface area contributed by atoms with Gasteiger partial charge in [0.25, 0.3) is 0 Å². The molecular weight excluding hydrogens is 392 g/mol. The minimum atomic E-state index is -0.310. The van der Waals surface area contributed by atoms with E-state index in [2.05, 4.69) is 9.88 Å². The maximum absolute atomic E-state index is 13.2. The smallest absolute Gasteiger partial charge is 0.409 e. The Bertz CT molecular complexity index is 849. The summed E-state index contributed by atoms with van der Waals surface area (Å²) in [6.07, 6.45) is 4.41. The summed E-state index contributed by atoms with van der Waals surface area (Å²) in [6, 6.07) is 8.06. The van der Waals surface area contributed by atoms with Crippen LogP contribution in [0.25, 0.3) is 10.9 Å². The number of amides is 2. The van der Waals surface area contributed by atoms with Crippen molar-refractivity contribution < 1.29 is 14.3 Å². The number of methoxy groups -OCH3 is 1. The number of piperazine rings is 1. The molecule has 4 rings (SSSR count). The second-order valence-electron chi connectivity index (χ2n) is 7.70. The molecule has 0 saturated carbocycles. The minimum Gasteiger partial charge on any atom is -0.453 e. The van der Waals surface area contributed by atoms with Crippen molar-refractivity contribution in [2.45, 2.75) is 25.3 Å². The summed E-state index contributed by atoms with van der Waals surface area (Å²) in [4.78, 5) is 34.5. The summed E-state index contributed by atoms with van der Waals surface area (Å²) in [7, 11) is 1.41. The van der Waals surface area contributed by atoms with Crippen LogP contribution >= 0.6 is 12.4 Å². The highest BCUT2D eigenvalue weighted by molar-refractivity contribution is 5.89. The van der Waals surface area contributed by atoms with E-state index in [1.54, 1.807) is 4.90 Å². The predicted octanol–water partition coefficient (Wildman–Crippen LogP) is 2.51. The Kier molecular flexibility index (Phi) is 7.03. The van der Waals surface area contributed by atoms with Crippen LogP contribution in [-0.2, 0) is 16.0 Å². The summed E-state index contributed by atoms with van der Waals surface area (Å²) in [5.74, 6) is 0.124. The van der Waals surface area contributed by atoms with Crippen molar-refractivity contribution in [2.75, 3.05) is 46.4 Å². The summed E-state index contributed by atoms with van der Waals surface area (Å²) < 4.78 is 4.90. The Morgan fingerprint density at radius 3 is 2.66 bits per heavy atom. The van der Waals surface area contributed by atoms with Crippen molar-refractivity contribution in [3.63, 3.8) is 0 Å². The number of ether oxygens (including phenoxy) is 1. The SMILES string of the molecule is COC(=O)N1CCN(C(=O)Cc2c[nH]c3ccccc23)C(CN2CCCC2)C1.Cl. The van der Waals surface area contributed by atoms with Gasteiger partial charge in [-0.25, -0.2) is 4.79 Å². The van der Waals surface area contributed by atoms with Crippen molar-refractivity contribution in [2.24, 2.45) is 0 Å². The molecule has 1 N–H and O–H groups in total. The molecule has 2 aliphatic heterocycles. The molecule has 2 fully saturated rings.